The average molecular weight is 309 g/mol. The summed E-state index contributed by atoms with van der Waals surface area (Å²) < 4.78 is 37.6. The molecule has 1 aliphatic rings. The van der Waals surface area contributed by atoms with Crippen LogP contribution >= 0.6 is 12.4 Å². The predicted molar refractivity (Wildman–Crippen MR) is 72.8 cm³/mol. The Labute approximate surface area is 121 Å². The molecule has 20 heavy (non-hydrogen) atoms. The number of nitrogens with two attached hydrogens (primary N) is 1. The van der Waals surface area contributed by atoms with Crippen LogP contribution in [0.15, 0.2) is 24.3 Å². The Morgan fingerprint density at radius 1 is 1.15 bits per heavy atom. The third-order valence-corrected chi connectivity index (χ3v) is 3.40. The Kier molecular flexibility index (Phi) is 5.28. The van der Waals surface area contributed by atoms with Gasteiger partial charge >= 0.3 is 6.18 Å². The van der Waals surface area contributed by atoms with Crippen molar-refractivity contribution in [1.29, 1.82) is 0 Å². The summed E-state index contributed by atoms with van der Waals surface area (Å²) in [7, 11) is 0. The number of carbonyl (C=O) groups is 1. The summed E-state index contributed by atoms with van der Waals surface area (Å²) in [5, 5.41) is 0. The van der Waals surface area contributed by atoms with Crippen LogP contribution in [0.1, 0.15) is 23.2 Å². The molecule has 1 amide bonds. The van der Waals surface area contributed by atoms with Crippen molar-refractivity contribution in [2.75, 3.05) is 18.8 Å². The normalized spacial score (nSPS) is 16.6. The first-order chi connectivity index (χ1) is 8.88. The number of carbonyl (C=O) groups excluding carboxylic acids is 1. The number of hydrogen-bond donors (Lipinski definition) is 1. The van der Waals surface area contributed by atoms with E-state index in [0.717, 1.165) is 0 Å². The Bertz CT molecular complexity index is 454. The fraction of sp³-hybridized carbons (Fsp3) is 0.462. The number of nitrogens with zero attached hydrogens (tertiary/aromatic N) is 1. The molecule has 2 N–H and O–H groups in total. The highest BCUT2D eigenvalue weighted by molar-refractivity contribution is 5.94. The number of amides is 1. The second-order valence-electron chi connectivity index (χ2n) is 4.73. The maximum absolute atomic E-state index is 12.5. The van der Waals surface area contributed by atoms with E-state index in [2.05, 4.69) is 0 Å². The molecule has 1 heterocycles. The van der Waals surface area contributed by atoms with Crippen LogP contribution in [0.2, 0.25) is 0 Å². The molecule has 1 fully saturated rings. The quantitative estimate of drug-likeness (QED) is 0.810. The summed E-state index contributed by atoms with van der Waals surface area (Å²) in [6.07, 6.45) is -4.20. The minimum atomic E-state index is -4.16. The van der Waals surface area contributed by atoms with Crippen molar-refractivity contribution >= 4 is 24.0 Å². The van der Waals surface area contributed by atoms with Crippen molar-refractivity contribution in [3.8, 4) is 0 Å². The summed E-state index contributed by atoms with van der Waals surface area (Å²) in [6, 6.07) is 6.40. The van der Waals surface area contributed by atoms with Crippen molar-refractivity contribution in [2.24, 2.45) is 5.92 Å². The Morgan fingerprint density at radius 3 is 2.10 bits per heavy atom. The molecule has 1 aromatic carbocycles. The Morgan fingerprint density at radius 2 is 1.65 bits per heavy atom. The number of benzene rings is 1. The van der Waals surface area contributed by atoms with E-state index in [1.807, 2.05) is 0 Å². The lowest BCUT2D eigenvalue weighted by atomic mass is 9.96. The van der Waals surface area contributed by atoms with Gasteiger partial charge in [0.2, 0.25) is 0 Å². The number of nitrogen functional groups attached to an aromatic ring is 1. The lowest BCUT2D eigenvalue weighted by Gasteiger charge is -2.33. The summed E-state index contributed by atoms with van der Waals surface area (Å²) in [4.78, 5) is 13.5. The molecule has 0 bridgehead atoms. The fourth-order valence-electron chi connectivity index (χ4n) is 2.22. The van der Waals surface area contributed by atoms with Crippen LogP contribution in [-0.4, -0.2) is 30.1 Å². The van der Waals surface area contributed by atoms with Gasteiger partial charge in [0.05, 0.1) is 5.92 Å². The lowest BCUT2D eigenvalue weighted by molar-refractivity contribution is -0.183. The van der Waals surface area contributed by atoms with Crippen LogP contribution in [0.3, 0.4) is 0 Å². The van der Waals surface area contributed by atoms with E-state index in [0.29, 0.717) is 11.3 Å². The van der Waals surface area contributed by atoms with Crippen molar-refractivity contribution in [3.63, 3.8) is 0 Å². The van der Waals surface area contributed by atoms with E-state index in [1.165, 1.54) is 4.90 Å². The highest BCUT2D eigenvalue weighted by Crippen LogP contribution is 2.34. The monoisotopic (exact) mass is 308 g/mol. The van der Waals surface area contributed by atoms with E-state index in [9.17, 15) is 18.0 Å². The maximum Gasteiger partial charge on any atom is 0.391 e. The van der Waals surface area contributed by atoms with Gasteiger partial charge < -0.3 is 10.6 Å². The van der Waals surface area contributed by atoms with Crippen molar-refractivity contribution in [1.82, 2.24) is 4.90 Å². The predicted octanol–water partition coefficient (Wildman–Crippen LogP) is 3.11. The summed E-state index contributed by atoms with van der Waals surface area (Å²) in [5.74, 6) is -1.52. The van der Waals surface area contributed by atoms with Crippen LogP contribution in [0.25, 0.3) is 0 Å². The molecule has 3 nitrogen and oxygen atoms in total. The first kappa shape index (κ1) is 16.6. The van der Waals surface area contributed by atoms with Gasteiger partial charge in [0.1, 0.15) is 0 Å². The lowest BCUT2D eigenvalue weighted by Crippen LogP contribution is -2.42. The fourth-order valence-corrected chi connectivity index (χ4v) is 2.22. The van der Waals surface area contributed by atoms with Crippen molar-refractivity contribution in [2.45, 2.75) is 19.0 Å². The Balaban J connectivity index is 0.00000200. The van der Waals surface area contributed by atoms with Gasteiger partial charge in [-0.25, -0.2) is 0 Å². The van der Waals surface area contributed by atoms with Gasteiger partial charge in [-0.05, 0) is 37.1 Å². The van der Waals surface area contributed by atoms with Crippen LogP contribution in [0, 0.1) is 5.92 Å². The molecule has 7 heteroatoms. The Hall–Kier alpha value is -1.43. The van der Waals surface area contributed by atoms with Gasteiger partial charge in [0.25, 0.3) is 5.91 Å². The van der Waals surface area contributed by atoms with Gasteiger partial charge in [-0.2, -0.15) is 13.2 Å². The van der Waals surface area contributed by atoms with Crippen LogP contribution in [0.5, 0.6) is 0 Å². The van der Waals surface area contributed by atoms with Crippen molar-refractivity contribution < 1.29 is 18.0 Å². The van der Waals surface area contributed by atoms with E-state index in [-0.39, 0.29) is 44.2 Å². The number of piperidine rings is 1. The zero-order valence-electron chi connectivity index (χ0n) is 10.7. The van der Waals surface area contributed by atoms with E-state index < -0.39 is 12.1 Å². The molecule has 0 spiro atoms. The topological polar surface area (TPSA) is 46.3 Å². The molecule has 1 aliphatic heterocycles. The third kappa shape index (κ3) is 3.79. The molecule has 1 saturated heterocycles. The third-order valence-electron chi connectivity index (χ3n) is 3.40. The van der Waals surface area contributed by atoms with Gasteiger partial charge in [-0.3, -0.25) is 4.79 Å². The summed E-state index contributed by atoms with van der Waals surface area (Å²) in [6.45, 7) is 0.292. The zero-order chi connectivity index (χ0) is 14.0. The molecule has 1 aromatic rings. The van der Waals surface area contributed by atoms with E-state index in [1.54, 1.807) is 24.3 Å². The number of anilines is 1. The summed E-state index contributed by atoms with van der Waals surface area (Å²) in [5.41, 5.74) is 6.53. The molecular weight excluding hydrogens is 293 g/mol. The van der Waals surface area contributed by atoms with E-state index in [4.69, 9.17) is 5.73 Å². The number of hydrogen-bond acceptors (Lipinski definition) is 2. The molecule has 0 saturated carbocycles. The average Bonchev–Trinajstić information content (AvgIpc) is 2.38. The maximum atomic E-state index is 12.5. The minimum Gasteiger partial charge on any atom is -0.399 e. The number of likely N-dealkylation sites (tertiary alicyclic amines) is 1. The van der Waals surface area contributed by atoms with Gasteiger partial charge in [0.15, 0.2) is 0 Å². The standard InChI is InChI=1S/C13H15F3N2O.ClH/c14-13(15,16)10-5-7-18(8-6-10)12(19)9-1-3-11(17)4-2-9;/h1-4,10H,5-8,17H2;1H. The molecule has 2 rings (SSSR count). The number of alkyl halides is 3. The van der Waals surface area contributed by atoms with Crippen LogP contribution in [0.4, 0.5) is 18.9 Å². The largest absolute Gasteiger partial charge is 0.399 e. The molecule has 0 aromatic heterocycles. The first-order valence-corrected chi connectivity index (χ1v) is 6.09. The SMILES string of the molecule is Cl.Nc1ccc(C(=O)N2CCC(C(F)(F)F)CC2)cc1. The minimum absolute atomic E-state index is 0. The van der Waals surface area contributed by atoms with E-state index >= 15 is 0 Å². The molecule has 0 aliphatic carbocycles. The molecule has 0 atom stereocenters. The highest BCUT2D eigenvalue weighted by Gasteiger charge is 2.41. The first-order valence-electron chi connectivity index (χ1n) is 6.09. The van der Waals surface area contributed by atoms with Gasteiger partial charge in [-0.15, -0.1) is 12.4 Å². The number of halogens is 4. The molecule has 112 valence electrons. The number of rotatable bonds is 1. The summed E-state index contributed by atoms with van der Waals surface area (Å²) >= 11 is 0. The van der Waals surface area contributed by atoms with Gasteiger partial charge in [-0.1, -0.05) is 0 Å². The highest BCUT2D eigenvalue weighted by atomic mass is 35.5. The second-order valence-corrected chi connectivity index (χ2v) is 4.73. The molecule has 0 unspecified atom stereocenters. The molecular formula is C13H16ClF3N2O. The van der Waals surface area contributed by atoms with Crippen LogP contribution < -0.4 is 5.73 Å². The second kappa shape index (κ2) is 6.35. The molecule has 0 radical (unpaired) electrons. The smallest absolute Gasteiger partial charge is 0.391 e. The van der Waals surface area contributed by atoms with Gasteiger partial charge in [0, 0.05) is 24.3 Å². The zero-order valence-corrected chi connectivity index (χ0v) is 11.5. The van der Waals surface area contributed by atoms with Crippen molar-refractivity contribution in [3.05, 3.63) is 29.8 Å². The van der Waals surface area contributed by atoms with Crippen LogP contribution in [-0.2, 0) is 0 Å².